The highest BCUT2D eigenvalue weighted by atomic mass is 16.3. The van der Waals surface area contributed by atoms with Crippen molar-refractivity contribution in [2.24, 2.45) is 0 Å². The standard InChI is InChI=1S/C22H19N3O/c1-25-13-18-12-17(22-23-8-2-9-24-22)3-5-19(18)20(14-25)15-4-6-21-16(11-15)7-10-26-21/h2-12,20H,13-14H2,1H3. The third kappa shape index (κ3) is 2.59. The number of nitrogens with zero attached hydrogens (tertiary/aromatic N) is 3. The highest BCUT2D eigenvalue weighted by Gasteiger charge is 2.25. The average molecular weight is 341 g/mol. The maximum absolute atomic E-state index is 5.49. The van der Waals surface area contributed by atoms with E-state index < -0.39 is 0 Å². The Bertz CT molecular complexity index is 1070. The maximum atomic E-state index is 5.49. The Morgan fingerprint density at radius 2 is 1.92 bits per heavy atom. The molecule has 128 valence electrons. The molecule has 0 saturated heterocycles. The third-order valence-electron chi connectivity index (χ3n) is 5.16. The van der Waals surface area contributed by atoms with Gasteiger partial charge in [0, 0.05) is 42.4 Å². The van der Waals surface area contributed by atoms with Crippen molar-refractivity contribution in [3.8, 4) is 11.4 Å². The van der Waals surface area contributed by atoms with E-state index in [0.29, 0.717) is 5.92 Å². The minimum atomic E-state index is 0.355. The smallest absolute Gasteiger partial charge is 0.159 e. The molecule has 26 heavy (non-hydrogen) atoms. The first-order valence-electron chi connectivity index (χ1n) is 8.84. The molecule has 1 atom stereocenters. The number of rotatable bonds is 2. The molecule has 3 heterocycles. The number of likely N-dealkylation sites (N-methyl/N-ethyl adjacent to an activating group) is 1. The molecule has 0 bridgehead atoms. The van der Waals surface area contributed by atoms with E-state index in [1.54, 1.807) is 18.7 Å². The molecule has 1 aliphatic rings. The fourth-order valence-corrected chi connectivity index (χ4v) is 3.92. The molecule has 2 aromatic carbocycles. The van der Waals surface area contributed by atoms with Gasteiger partial charge in [0.1, 0.15) is 5.58 Å². The highest BCUT2D eigenvalue weighted by molar-refractivity contribution is 5.78. The molecule has 0 fully saturated rings. The molecule has 0 saturated carbocycles. The van der Waals surface area contributed by atoms with Crippen LogP contribution in [0, 0.1) is 0 Å². The fraction of sp³-hybridized carbons (Fsp3) is 0.182. The lowest BCUT2D eigenvalue weighted by Gasteiger charge is -2.33. The lowest BCUT2D eigenvalue weighted by Crippen LogP contribution is -2.31. The monoisotopic (exact) mass is 341 g/mol. The SMILES string of the molecule is CN1Cc2cc(-c3ncccn3)ccc2C(c2ccc3occc3c2)C1. The molecule has 5 rings (SSSR count). The van der Waals surface area contributed by atoms with Gasteiger partial charge in [-0.25, -0.2) is 9.97 Å². The van der Waals surface area contributed by atoms with Gasteiger partial charge in [-0.3, -0.25) is 0 Å². The zero-order chi connectivity index (χ0) is 17.5. The normalized spacial score (nSPS) is 17.3. The summed E-state index contributed by atoms with van der Waals surface area (Å²) >= 11 is 0. The van der Waals surface area contributed by atoms with Gasteiger partial charge in [0.15, 0.2) is 5.82 Å². The zero-order valence-corrected chi connectivity index (χ0v) is 14.6. The quantitative estimate of drug-likeness (QED) is 0.539. The largest absolute Gasteiger partial charge is 0.464 e. The Balaban J connectivity index is 1.59. The summed E-state index contributed by atoms with van der Waals surface area (Å²) in [4.78, 5) is 11.2. The van der Waals surface area contributed by atoms with Gasteiger partial charge < -0.3 is 9.32 Å². The van der Waals surface area contributed by atoms with Crippen LogP contribution in [0.1, 0.15) is 22.6 Å². The molecule has 0 aliphatic carbocycles. The van der Waals surface area contributed by atoms with Crippen molar-refractivity contribution in [1.82, 2.24) is 14.9 Å². The van der Waals surface area contributed by atoms with Crippen LogP contribution in [-0.4, -0.2) is 28.5 Å². The van der Waals surface area contributed by atoms with E-state index in [4.69, 9.17) is 4.42 Å². The fourth-order valence-electron chi connectivity index (χ4n) is 3.92. The van der Waals surface area contributed by atoms with Gasteiger partial charge >= 0.3 is 0 Å². The first kappa shape index (κ1) is 15.3. The van der Waals surface area contributed by atoms with E-state index in [1.807, 2.05) is 12.1 Å². The van der Waals surface area contributed by atoms with Crippen LogP contribution in [0.25, 0.3) is 22.4 Å². The first-order chi connectivity index (χ1) is 12.8. The number of hydrogen-bond acceptors (Lipinski definition) is 4. The van der Waals surface area contributed by atoms with Crippen molar-refractivity contribution in [2.45, 2.75) is 12.5 Å². The van der Waals surface area contributed by atoms with Crippen LogP contribution in [-0.2, 0) is 6.54 Å². The van der Waals surface area contributed by atoms with Crippen molar-refractivity contribution in [3.05, 3.63) is 83.9 Å². The van der Waals surface area contributed by atoms with E-state index >= 15 is 0 Å². The zero-order valence-electron chi connectivity index (χ0n) is 14.6. The summed E-state index contributed by atoms with van der Waals surface area (Å²) in [6, 6.07) is 17.0. The summed E-state index contributed by atoms with van der Waals surface area (Å²) in [5.74, 6) is 1.13. The van der Waals surface area contributed by atoms with Gasteiger partial charge in [0.05, 0.1) is 6.26 Å². The molecule has 4 aromatic rings. The Morgan fingerprint density at radius 1 is 1.04 bits per heavy atom. The van der Waals surface area contributed by atoms with E-state index in [9.17, 15) is 0 Å². The molecule has 0 N–H and O–H groups in total. The molecular weight excluding hydrogens is 322 g/mol. The minimum Gasteiger partial charge on any atom is -0.464 e. The second-order valence-corrected chi connectivity index (χ2v) is 6.95. The van der Waals surface area contributed by atoms with Crippen LogP contribution in [0.3, 0.4) is 0 Å². The summed E-state index contributed by atoms with van der Waals surface area (Å²) in [6.45, 7) is 1.96. The van der Waals surface area contributed by atoms with Crippen molar-refractivity contribution in [1.29, 1.82) is 0 Å². The predicted molar refractivity (Wildman–Crippen MR) is 102 cm³/mol. The first-order valence-corrected chi connectivity index (χ1v) is 8.84. The van der Waals surface area contributed by atoms with Gasteiger partial charge in [0.25, 0.3) is 0 Å². The Hall–Kier alpha value is -2.98. The molecule has 0 amide bonds. The van der Waals surface area contributed by atoms with Crippen LogP contribution < -0.4 is 0 Å². The van der Waals surface area contributed by atoms with Crippen LogP contribution >= 0.6 is 0 Å². The summed E-state index contributed by atoms with van der Waals surface area (Å²) in [6.07, 6.45) is 5.33. The van der Waals surface area contributed by atoms with Gasteiger partial charge in [-0.15, -0.1) is 0 Å². The Morgan fingerprint density at radius 3 is 2.81 bits per heavy atom. The number of furan rings is 1. The molecule has 4 nitrogen and oxygen atoms in total. The van der Waals surface area contributed by atoms with E-state index in [1.165, 1.54) is 16.7 Å². The van der Waals surface area contributed by atoms with Gasteiger partial charge in [0.2, 0.25) is 0 Å². The van der Waals surface area contributed by atoms with Gasteiger partial charge in [-0.1, -0.05) is 18.2 Å². The topological polar surface area (TPSA) is 42.2 Å². The van der Waals surface area contributed by atoms with Crippen molar-refractivity contribution in [3.63, 3.8) is 0 Å². The number of hydrogen-bond donors (Lipinski definition) is 0. The van der Waals surface area contributed by atoms with Crippen molar-refractivity contribution >= 4 is 11.0 Å². The van der Waals surface area contributed by atoms with Crippen LogP contribution in [0.4, 0.5) is 0 Å². The molecule has 2 aromatic heterocycles. The highest BCUT2D eigenvalue weighted by Crippen LogP contribution is 2.36. The second kappa shape index (κ2) is 6.07. The Kier molecular flexibility index (Phi) is 3.57. The maximum Gasteiger partial charge on any atom is 0.159 e. The molecule has 0 radical (unpaired) electrons. The molecule has 4 heteroatoms. The number of fused-ring (bicyclic) bond motifs is 2. The summed E-state index contributed by atoms with van der Waals surface area (Å²) in [7, 11) is 2.18. The lowest BCUT2D eigenvalue weighted by molar-refractivity contribution is 0.295. The average Bonchev–Trinajstić information content (AvgIpc) is 3.15. The molecular formula is C22H19N3O. The van der Waals surface area contributed by atoms with E-state index in [-0.39, 0.29) is 0 Å². The van der Waals surface area contributed by atoms with Gasteiger partial charge in [-0.05, 0) is 54.1 Å². The van der Waals surface area contributed by atoms with Crippen LogP contribution in [0.5, 0.6) is 0 Å². The van der Waals surface area contributed by atoms with Crippen LogP contribution in [0.15, 0.2) is 71.6 Å². The molecule has 1 unspecified atom stereocenters. The minimum absolute atomic E-state index is 0.355. The van der Waals surface area contributed by atoms with Gasteiger partial charge in [-0.2, -0.15) is 0 Å². The lowest BCUT2D eigenvalue weighted by atomic mass is 9.83. The molecule has 0 spiro atoms. The second-order valence-electron chi connectivity index (χ2n) is 6.95. The van der Waals surface area contributed by atoms with E-state index in [0.717, 1.165) is 35.4 Å². The predicted octanol–water partition coefficient (Wildman–Crippen LogP) is 4.47. The number of benzene rings is 2. The summed E-state index contributed by atoms with van der Waals surface area (Å²) in [5.41, 5.74) is 6.08. The van der Waals surface area contributed by atoms with Crippen molar-refractivity contribution in [2.75, 3.05) is 13.6 Å². The Labute approximate surface area is 152 Å². The summed E-state index contributed by atoms with van der Waals surface area (Å²) < 4.78 is 5.49. The van der Waals surface area contributed by atoms with E-state index in [2.05, 4.69) is 58.3 Å². The van der Waals surface area contributed by atoms with Crippen LogP contribution in [0.2, 0.25) is 0 Å². The third-order valence-corrected chi connectivity index (χ3v) is 5.16. The number of aromatic nitrogens is 2. The summed E-state index contributed by atoms with van der Waals surface area (Å²) in [5, 5.41) is 1.16. The molecule has 1 aliphatic heterocycles. The van der Waals surface area contributed by atoms with Crippen molar-refractivity contribution < 1.29 is 4.42 Å².